The third-order valence-electron chi connectivity index (χ3n) is 5.55. The Morgan fingerprint density at radius 1 is 0.559 bits per heavy atom. The Morgan fingerprint density at radius 2 is 0.941 bits per heavy atom. The first-order chi connectivity index (χ1) is 16.1. The van der Waals surface area contributed by atoms with Crippen molar-refractivity contribution in [2.75, 3.05) is 4.31 Å². The summed E-state index contributed by atoms with van der Waals surface area (Å²) in [5.41, 5.74) is 4.18. The van der Waals surface area contributed by atoms with Gasteiger partial charge in [0.1, 0.15) is 0 Å². The Hall–Kier alpha value is -3.46. The molecule has 4 aromatic rings. The van der Waals surface area contributed by atoms with Gasteiger partial charge in [0.05, 0.1) is 21.2 Å². The van der Waals surface area contributed by atoms with Gasteiger partial charge in [-0.2, -0.15) is 8.42 Å². The van der Waals surface area contributed by atoms with Crippen LogP contribution in [0, 0.1) is 13.8 Å². The van der Waals surface area contributed by atoms with Gasteiger partial charge in [-0.05, 0) is 72.5 Å². The van der Waals surface area contributed by atoms with Crippen LogP contribution >= 0.6 is 0 Å². The molecule has 6 nitrogen and oxygen atoms in total. The second kappa shape index (κ2) is 9.06. The minimum atomic E-state index is -4.28. The summed E-state index contributed by atoms with van der Waals surface area (Å²) >= 11 is 0. The van der Waals surface area contributed by atoms with E-state index in [-0.39, 0.29) is 9.79 Å². The van der Waals surface area contributed by atoms with E-state index in [4.69, 9.17) is 4.55 Å². The van der Waals surface area contributed by atoms with Crippen LogP contribution in [0.15, 0.2) is 107 Å². The molecule has 0 amide bonds. The number of benzene rings is 4. The van der Waals surface area contributed by atoms with Gasteiger partial charge in [-0.25, -0.2) is 12.7 Å². The summed E-state index contributed by atoms with van der Waals surface area (Å²) in [5.74, 6) is 0. The van der Waals surface area contributed by atoms with Crippen LogP contribution in [0.25, 0.3) is 11.1 Å². The monoisotopic (exact) mass is 493 g/mol. The van der Waals surface area contributed by atoms with Crippen molar-refractivity contribution in [1.29, 1.82) is 0 Å². The molecule has 8 heteroatoms. The number of rotatable bonds is 6. The van der Waals surface area contributed by atoms with Crippen molar-refractivity contribution >= 4 is 31.5 Å². The molecule has 0 spiro atoms. The van der Waals surface area contributed by atoms with E-state index in [0.717, 1.165) is 11.1 Å². The van der Waals surface area contributed by atoms with Crippen LogP contribution in [0.4, 0.5) is 11.4 Å². The zero-order valence-electron chi connectivity index (χ0n) is 18.6. The minimum Gasteiger partial charge on any atom is -0.282 e. The molecule has 0 aliphatic rings. The molecule has 1 N–H and O–H groups in total. The van der Waals surface area contributed by atoms with E-state index in [1.54, 1.807) is 36.4 Å². The molecule has 0 saturated carbocycles. The third-order valence-corrected chi connectivity index (χ3v) is 8.16. The number of hydrogen-bond donors (Lipinski definition) is 1. The normalized spacial score (nSPS) is 11.9. The second-order valence-corrected chi connectivity index (χ2v) is 11.1. The summed E-state index contributed by atoms with van der Waals surface area (Å²) in [7, 11) is -8.24. The summed E-state index contributed by atoms with van der Waals surface area (Å²) in [5, 5.41) is 0. The van der Waals surface area contributed by atoms with E-state index < -0.39 is 20.1 Å². The fraction of sp³-hybridized carbons (Fsp3) is 0.0769. The molecule has 0 unspecified atom stereocenters. The Balaban J connectivity index is 1.77. The van der Waals surface area contributed by atoms with Crippen molar-refractivity contribution in [3.63, 3.8) is 0 Å². The van der Waals surface area contributed by atoms with E-state index in [1.807, 2.05) is 50.2 Å². The number of sulfonamides is 1. The lowest BCUT2D eigenvalue weighted by molar-refractivity contribution is 0.483. The highest BCUT2D eigenvalue weighted by Crippen LogP contribution is 2.36. The van der Waals surface area contributed by atoms with Gasteiger partial charge in [-0.3, -0.25) is 4.55 Å². The average molecular weight is 494 g/mol. The van der Waals surface area contributed by atoms with Crippen LogP contribution in [0.1, 0.15) is 11.1 Å². The molecule has 0 aromatic heterocycles. The first kappa shape index (κ1) is 23.7. The van der Waals surface area contributed by atoms with E-state index >= 15 is 0 Å². The van der Waals surface area contributed by atoms with Crippen molar-refractivity contribution < 1.29 is 21.4 Å². The first-order valence-corrected chi connectivity index (χ1v) is 13.3. The largest absolute Gasteiger partial charge is 0.294 e. The van der Waals surface area contributed by atoms with E-state index in [2.05, 4.69) is 0 Å². The van der Waals surface area contributed by atoms with E-state index in [1.165, 1.54) is 28.6 Å². The van der Waals surface area contributed by atoms with Crippen LogP contribution in [0.2, 0.25) is 0 Å². The molecule has 0 aliphatic heterocycles. The van der Waals surface area contributed by atoms with Gasteiger partial charge >= 0.3 is 0 Å². The Morgan fingerprint density at radius 3 is 1.32 bits per heavy atom. The van der Waals surface area contributed by atoms with Crippen molar-refractivity contribution in [3.05, 3.63) is 108 Å². The van der Waals surface area contributed by atoms with Gasteiger partial charge in [0.2, 0.25) is 0 Å². The standard InChI is InChI=1S/C26H23NO5S2/c1-19-7-3-5-9-25(19)27(26-10-6-4-8-20(26)2)33(28,29)23-15-11-21(12-16-23)22-13-17-24(18-14-22)34(30,31)32/h3-18H,1-2H3,(H,30,31,32). The van der Waals surface area contributed by atoms with Crippen LogP contribution in [0.5, 0.6) is 0 Å². The van der Waals surface area contributed by atoms with Gasteiger partial charge < -0.3 is 0 Å². The predicted molar refractivity (Wildman–Crippen MR) is 133 cm³/mol. The van der Waals surface area contributed by atoms with E-state index in [0.29, 0.717) is 22.5 Å². The van der Waals surface area contributed by atoms with E-state index in [9.17, 15) is 16.8 Å². The number of hydrogen-bond acceptors (Lipinski definition) is 4. The summed E-state index contributed by atoms with van der Waals surface area (Å²) in [4.78, 5) is -0.0835. The highest BCUT2D eigenvalue weighted by atomic mass is 32.2. The molecular formula is C26H23NO5S2. The van der Waals surface area contributed by atoms with Gasteiger partial charge in [-0.15, -0.1) is 0 Å². The number of anilines is 2. The summed E-state index contributed by atoms with van der Waals surface area (Å²) in [6.07, 6.45) is 0. The number of para-hydroxylation sites is 2. The van der Waals surface area contributed by atoms with Crippen LogP contribution in [0.3, 0.4) is 0 Å². The second-order valence-electron chi connectivity index (χ2n) is 7.87. The SMILES string of the molecule is Cc1ccccc1N(c1ccccc1C)S(=O)(=O)c1ccc(-c2ccc(S(=O)(=O)O)cc2)cc1. The molecule has 0 bridgehead atoms. The maximum atomic E-state index is 13.9. The molecule has 4 rings (SSSR count). The molecule has 0 saturated heterocycles. The minimum absolute atomic E-state index is 0.123. The maximum absolute atomic E-state index is 13.9. The van der Waals surface area contributed by atoms with Crippen molar-refractivity contribution in [3.8, 4) is 11.1 Å². The molecule has 4 aromatic carbocycles. The highest BCUT2D eigenvalue weighted by Gasteiger charge is 2.28. The molecule has 0 atom stereocenters. The molecule has 0 aliphatic carbocycles. The van der Waals surface area contributed by atoms with Crippen LogP contribution < -0.4 is 4.31 Å². The number of aryl methyl sites for hydroxylation is 2. The molecule has 34 heavy (non-hydrogen) atoms. The third kappa shape index (κ3) is 4.61. The lowest BCUT2D eigenvalue weighted by atomic mass is 10.1. The van der Waals surface area contributed by atoms with Crippen molar-refractivity contribution in [2.24, 2.45) is 0 Å². The molecular weight excluding hydrogens is 470 g/mol. The van der Waals surface area contributed by atoms with Crippen LogP contribution in [-0.4, -0.2) is 21.4 Å². The molecule has 0 fully saturated rings. The number of nitrogens with zero attached hydrogens (tertiary/aromatic N) is 1. The fourth-order valence-corrected chi connectivity index (χ4v) is 5.81. The predicted octanol–water partition coefficient (Wildman–Crippen LogP) is 5.74. The summed E-state index contributed by atoms with van der Waals surface area (Å²) < 4.78 is 60.8. The van der Waals surface area contributed by atoms with Crippen molar-refractivity contribution in [2.45, 2.75) is 23.6 Å². The van der Waals surface area contributed by atoms with Gasteiger partial charge in [-0.1, -0.05) is 60.7 Å². The summed E-state index contributed by atoms with van der Waals surface area (Å²) in [6, 6.07) is 26.8. The zero-order chi connectivity index (χ0) is 24.5. The fourth-order valence-electron chi connectivity index (χ4n) is 3.72. The zero-order valence-corrected chi connectivity index (χ0v) is 20.2. The topological polar surface area (TPSA) is 91.8 Å². The quantitative estimate of drug-likeness (QED) is 0.346. The average Bonchev–Trinajstić information content (AvgIpc) is 2.81. The highest BCUT2D eigenvalue weighted by molar-refractivity contribution is 7.93. The van der Waals surface area contributed by atoms with Gasteiger partial charge in [0.25, 0.3) is 20.1 Å². The van der Waals surface area contributed by atoms with Gasteiger partial charge in [0, 0.05) is 0 Å². The lowest BCUT2D eigenvalue weighted by Gasteiger charge is -2.27. The Labute approximate surface area is 199 Å². The molecule has 0 heterocycles. The Bertz CT molecular complexity index is 1500. The molecule has 174 valence electrons. The van der Waals surface area contributed by atoms with Crippen LogP contribution in [-0.2, 0) is 20.1 Å². The lowest BCUT2D eigenvalue weighted by Crippen LogP contribution is -2.27. The summed E-state index contributed by atoms with van der Waals surface area (Å²) in [6.45, 7) is 3.74. The molecule has 0 radical (unpaired) electrons. The smallest absolute Gasteiger partial charge is 0.282 e. The van der Waals surface area contributed by atoms with Gasteiger partial charge in [0.15, 0.2) is 0 Å². The Kier molecular flexibility index (Phi) is 6.31. The maximum Gasteiger partial charge on any atom is 0.294 e. The first-order valence-electron chi connectivity index (χ1n) is 10.4. The van der Waals surface area contributed by atoms with Crippen molar-refractivity contribution in [1.82, 2.24) is 0 Å².